The van der Waals surface area contributed by atoms with Gasteiger partial charge in [-0.15, -0.1) is 5.10 Å². The highest BCUT2D eigenvalue weighted by Gasteiger charge is 2.05. The number of aromatic nitrogens is 3. The minimum atomic E-state index is 0.140. The predicted octanol–water partition coefficient (Wildman–Crippen LogP) is 1.30. The van der Waals surface area contributed by atoms with Crippen LogP contribution < -0.4 is 5.73 Å². The van der Waals surface area contributed by atoms with Crippen LogP contribution in [-0.4, -0.2) is 15.2 Å². The molecule has 1 aromatic carbocycles. The van der Waals surface area contributed by atoms with Crippen molar-refractivity contribution in [2.75, 3.05) is 5.73 Å². The largest absolute Gasteiger partial charge is 0.366 e. The van der Waals surface area contributed by atoms with E-state index in [0.29, 0.717) is 11.3 Å². The van der Waals surface area contributed by atoms with Gasteiger partial charge in [0.1, 0.15) is 0 Å². The van der Waals surface area contributed by atoms with Crippen LogP contribution >= 0.6 is 0 Å². The summed E-state index contributed by atoms with van der Waals surface area (Å²) in [5, 5.41) is 16.1. The van der Waals surface area contributed by atoms with Gasteiger partial charge in [0.05, 0.1) is 23.5 Å². The minimum Gasteiger partial charge on any atom is -0.366 e. The number of rotatable bonds is 1. The molecule has 0 bridgehead atoms. The van der Waals surface area contributed by atoms with Crippen LogP contribution in [0.3, 0.4) is 0 Å². The molecule has 0 aliphatic heterocycles. The molecule has 0 fully saturated rings. The summed E-state index contributed by atoms with van der Waals surface area (Å²) in [6.07, 6.45) is 1.55. The zero-order valence-corrected chi connectivity index (χ0v) is 8.68. The van der Waals surface area contributed by atoms with E-state index in [1.54, 1.807) is 18.3 Å². The van der Waals surface area contributed by atoms with Crippen molar-refractivity contribution in [2.45, 2.75) is 6.92 Å². The lowest BCUT2D eigenvalue weighted by molar-refractivity contribution is 0.989. The van der Waals surface area contributed by atoms with Crippen molar-refractivity contribution < 1.29 is 0 Å². The number of hydrogen-bond acceptors (Lipinski definition) is 5. The lowest BCUT2D eigenvalue weighted by Crippen LogP contribution is -1.99. The van der Waals surface area contributed by atoms with Gasteiger partial charge in [0, 0.05) is 5.56 Å². The first-order valence-corrected chi connectivity index (χ1v) is 4.67. The van der Waals surface area contributed by atoms with Crippen molar-refractivity contribution in [2.24, 2.45) is 0 Å². The third kappa shape index (κ3) is 1.81. The van der Waals surface area contributed by atoms with Crippen LogP contribution in [0.5, 0.6) is 0 Å². The first kappa shape index (κ1) is 10.1. The van der Waals surface area contributed by atoms with Crippen LogP contribution in [0.25, 0.3) is 11.3 Å². The number of anilines is 1. The van der Waals surface area contributed by atoms with Crippen molar-refractivity contribution in [1.29, 1.82) is 5.26 Å². The van der Waals surface area contributed by atoms with Crippen molar-refractivity contribution in [3.63, 3.8) is 0 Å². The molecule has 0 amide bonds. The molecule has 1 heterocycles. The second kappa shape index (κ2) is 3.95. The molecule has 0 spiro atoms. The maximum Gasteiger partial charge on any atom is 0.240 e. The summed E-state index contributed by atoms with van der Waals surface area (Å²) in [7, 11) is 0. The Hall–Kier alpha value is -2.48. The Morgan fingerprint density at radius 1 is 1.38 bits per heavy atom. The van der Waals surface area contributed by atoms with Gasteiger partial charge in [-0.2, -0.15) is 10.4 Å². The minimum absolute atomic E-state index is 0.140. The first-order chi connectivity index (χ1) is 7.70. The Bertz CT molecular complexity index is 571. The molecule has 0 unspecified atom stereocenters. The molecule has 2 N–H and O–H groups in total. The van der Waals surface area contributed by atoms with Gasteiger partial charge in [-0.25, -0.2) is 4.98 Å². The molecule has 0 aliphatic carbocycles. The number of benzene rings is 1. The van der Waals surface area contributed by atoms with E-state index in [9.17, 15) is 0 Å². The highest BCUT2D eigenvalue weighted by Crippen LogP contribution is 2.21. The number of nitrogen functional groups attached to an aromatic ring is 1. The van der Waals surface area contributed by atoms with E-state index >= 15 is 0 Å². The molecule has 0 saturated carbocycles. The Balaban J connectivity index is 2.53. The molecule has 1 aromatic heterocycles. The Labute approximate surface area is 92.6 Å². The summed E-state index contributed by atoms with van der Waals surface area (Å²) in [6.45, 7) is 1.91. The van der Waals surface area contributed by atoms with Gasteiger partial charge in [-0.1, -0.05) is 6.07 Å². The number of hydrogen-bond donors (Lipinski definition) is 1. The average molecular weight is 211 g/mol. The third-order valence-electron chi connectivity index (χ3n) is 2.21. The van der Waals surface area contributed by atoms with Gasteiger partial charge in [0.25, 0.3) is 0 Å². The van der Waals surface area contributed by atoms with Gasteiger partial charge in [-0.3, -0.25) is 0 Å². The van der Waals surface area contributed by atoms with Crippen LogP contribution in [-0.2, 0) is 0 Å². The number of nitriles is 1. The fourth-order valence-electron chi connectivity index (χ4n) is 1.47. The van der Waals surface area contributed by atoms with Crippen LogP contribution in [0.4, 0.5) is 5.95 Å². The third-order valence-corrected chi connectivity index (χ3v) is 2.21. The molecule has 0 saturated heterocycles. The smallest absolute Gasteiger partial charge is 0.240 e. The van der Waals surface area contributed by atoms with Crippen LogP contribution in [0, 0.1) is 18.3 Å². The summed E-state index contributed by atoms with van der Waals surface area (Å²) in [5.74, 6) is 0.140. The summed E-state index contributed by atoms with van der Waals surface area (Å²) in [5.41, 5.74) is 8.61. The van der Waals surface area contributed by atoms with Gasteiger partial charge in [0.15, 0.2) is 0 Å². The molecule has 16 heavy (non-hydrogen) atoms. The zero-order valence-electron chi connectivity index (χ0n) is 8.68. The lowest BCUT2D eigenvalue weighted by atomic mass is 10.0. The number of aryl methyl sites for hydroxylation is 1. The van der Waals surface area contributed by atoms with Crippen molar-refractivity contribution >= 4 is 5.95 Å². The predicted molar refractivity (Wildman–Crippen MR) is 59.1 cm³/mol. The van der Waals surface area contributed by atoms with Gasteiger partial charge >= 0.3 is 0 Å². The monoisotopic (exact) mass is 211 g/mol. The highest BCUT2D eigenvalue weighted by atomic mass is 15.2. The van der Waals surface area contributed by atoms with E-state index in [0.717, 1.165) is 11.1 Å². The van der Waals surface area contributed by atoms with E-state index in [2.05, 4.69) is 21.3 Å². The van der Waals surface area contributed by atoms with E-state index in [1.165, 1.54) is 0 Å². The van der Waals surface area contributed by atoms with Crippen molar-refractivity contribution in [3.8, 4) is 17.3 Å². The Kier molecular flexibility index (Phi) is 2.48. The van der Waals surface area contributed by atoms with Crippen LogP contribution in [0.1, 0.15) is 11.1 Å². The standard InChI is InChI=1S/C11H9N5/c1-7-4-8(5-12)2-3-9(7)10-6-14-16-11(13)15-10/h2-4,6H,1H3,(H2,13,15,16). The molecule has 2 aromatic rings. The van der Waals surface area contributed by atoms with Crippen molar-refractivity contribution in [1.82, 2.24) is 15.2 Å². The lowest BCUT2D eigenvalue weighted by Gasteiger charge is -2.04. The fraction of sp³-hybridized carbons (Fsp3) is 0.0909. The molecular formula is C11H9N5. The van der Waals surface area contributed by atoms with E-state index in [1.807, 2.05) is 13.0 Å². The highest BCUT2D eigenvalue weighted by molar-refractivity contribution is 5.64. The van der Waals surface area contributed by atoms with Crippen LogP contribution in [0.15, 0.2) is 24.4 Å². The summed E-state index contributed by atoms with van der Waals surface area (Å²) < 4.78 is 0. The molecule has 5 heteroatoms. The quantitative estimate of drug-likeness (QED) is 0.768. The molecule has 0 radical (unpaired) electrons. The number of nitrogens with zero attached hydrogens (tertiary/aromatic N) is 4. The normalized spacial score (nSPS) is 9.75. The molecule has 5 nitrogen and oxygen atoms in total. The molecule has 0 atom stereocenters. The molecule has 0 aliphatic rings. The van der Waals surface area contributed by atoms with E-state index < -0.39 is 0 Å². The summed E-state index contributed by atoms with van der Waals surface area (Å²) >= 11 is 0. The fourth-order valence-corrected chi connectivity index (χ4v) is 1.47. The second-order valence-electron chi connectivity index (χ2n) is 3.34. The molecular weight excluding hydrogens is 202 g/mol. The summed E-state index contributed by atoms with van der Waals surface area (Å²) in [6, 6.07) is 7.45. The second-order valence-corrected chi connectivity index (χ2v) is 3.34. The van der Waals surface area contributed by atoms with E-state index in [4.69, 9.17) is 11.0 Å². The van der Waals surface area contributed by atoms with Crippen molar-refractivity contribution in [3.05, 3.63) is 35.5 Å². The maximum atomic E-state index is 8.76. The molecule has 2 rings (SSSR count). The van der Waals surface area contributed by atoms with Gasteiger partial charge in [-0.05, 0) is 24.6 Å². The first-order valence-electron chi connectivity index (χ1n) is 4.67. The average Bonchev–Trinajstić information content (AvgIpc) is 2.28. The Morgan fingerprint density at radius 2 is 2.19 bits per heavy atom. The topological polar surface area (TPSA) is 88.5 Å². The number of nitrogens with two attached hydrogens (primary N) is 1. The van der Waals surface area contributed by atoms with Gasteiger partial charge < -0.3 is 5.73 Å². The zero-order chi connectivity index (χ0) is 11.5. The SMILES string of the molecule is Cc1cc(C#N)ccc1-c1cnnc(N)n1. The van der Waals surface area contributed by atoms with Crippen LogP contribution in [0.2, 0.25) is 0 Å². The maximum absolute atomic E-state index is 8.76. The summed E-state index contributed by atoms with van der Waals surface area (Å²) in [4.78, 5) is 4.08. The van der Waals surface area contributed by atoms with E-state index in [-0.39, 0.29) is 5.95 Å². The Morgan fingerprint density at radius 3 is 2.81 bits per heavy atom. The van der Waals surface area contributed by atoms with Gasteiger partial charge in [0.2, 0.25) is 5.95 Å². The molecule has 78 valence electrons.